The van der Waals surface area contributed by atoms with Gasteiger partial charge in [0.15, 0.2) is 0 Å². The first kappa shape index (κ1) is 18.4. The standard InChI is InChI=1S/C15H14BrFN2O4S/c1-23-13-7-2-10(16)8-14(13)24(21,22)18-9-15(20)19-12-5-3-11(17)4-6-12/h2-8,18H,9H2,1H3,(H,19,20). The molecule has 128 valence electrons. The quantitative estimate of drug-likeness (QED) is 0.757. The molecule has 24 heavy (non-hydrogen) atoms. The van der Waals surface area contributed by atoms with Crippen molar-refractivity contribution < 1.29 is 22.3 Å². The van der Waals surface area contributed by atoms with E-state index >= 15 is 0 Å². The van der Waals surface area contributed by atoms with Crippen LogP contribution in [0.15, 0.2) is 51.8 Å². The van der Waals surface area contributed by atoms with Crippen LogP contribution in [0.3, 0.4) is 0 Å². The van der Waals surface area contributed by atoms with Crippen molar-refractivity contribution in [3.05, 3.63) is 52.8 Å². The van der Waals surface area contributed by atoms with Gasteiger partial charge in [-0.3, -0.25) is 4.79 Å². The zero-order valence-electron chi connectivity index (χ0n) is 12.5. The van der Waals surface area contributed by atoms with Gasteiger partial charge in [-0.2, -0.15) is 0 Å². The number of carbonyl (C=O) groups excluding carboxylic acids is 1. The van der Waals surface area contributed by atoms with Crippen LogP contribution < -0.4 is 14.8 Å². The monoisotopic (exact) mass is 416 g/mol. The van der Waals surface area contributed by atoms with Crippen LogP contribution in [0.2, 0.25) is 0 Å². The van der Waals surface area contributed by atoms with E-state index in [1.807, 2.05) is 0 Å². The Morgan fingerprint density at radius 3 is 2.50 bits per heavy atom. The molecule has 0 spiro atoms. The fourth-order valence-electron chi connectivity index (χ4n) is 1.84. The minimum Gasteiger partial charge on any atom is -0.495 e. The molecule has 0 atom stereocenters. The summed E-state index contributed by atoms with van der Waals surface area (Å²) >= 11 is 3.19. The van der Waals surface area contributed by atoms with E-state index in [9.17, 15) is 17.6 Å². The van der Waals surface area contributed by atoms with Gasteiger partial charge in [-0.1, -0.05) is 15.9 Å². The Kier molecular flexibility index (Phi) is 5.92. The Hall–Kier alpha value is -1.97. The van der Waals surface area contributed by atoms with Crippen LogP contribution in [-0.2, 0) is 14.8 Å². The van der Waals surface area contributed by atoms with E-state index in [1.165, 1.54) is 43.5 Å². The number of hydrogen-bond donors (Lipinski definition) is 2. The number of hydrogen-bond acceptors (Lipinski definition) is 4. The first-order valence-electron chi connectivity index (χ1n) is 6.70. The predicted octanol–water partition coefficient (Wildman–Crippen LogP) is 2.51. The Morgan fingerprint density at radius 2 is 1.88 bits per heavy atom. The van der Waals surface area contributed by atoms with Crippen LogP contribution in [0.25, 0.3) is 0 Å². The summed E-state index contributed by atoms with van der Waals surface area (Å²) in [5.41, 5.74) is 0.362. The summed E-state index contributed by atoms with van der Waals surface area (Å²) < 4.78 is 45.2. The Labute approximate surface area is 147 Å². The number of nitrogens with one attached hydrogen (secondary N) is 2. The zero-order valence-corrected chi connectivity index (χ0v) is 14.9. The first-order chi connectivity index (χ1) is 11.3. The third-order valence-electron chi connectivity index (χ3n) is 2.97. The molecule has 0 aliphatic carbocycles. The number of rotatable bonds is 6. The van der Waals surface area contributed by atoms with Gasteiger partial charge in [0.1, 0.15) is 16.5 Å². The highest BCUT2D eigenvalue weighted by molar-refractivity contribution is 9.10. The number of halogens is 2. The molecule has 0 aromatic heterocycles. The minimum absolute atomic E-state index is 0.0889. The number of carbonyl (C=O) groups is 1. The fraction of sp³-hybridized carbons (Fsp3) is 0.133. The summed E-state index contributed by atoms with van der Waals surface area (Å²) in [7, 11) is -2.59. The van der Waals surface area contributed by atoms with Crippen molar-refractivity contribution in [2.45, 2.75) is 4.90 Å². The van der Waals surface area contributed by atoms with Gasteiger partial charge < -0.3 is 10.1 Å². The summed E-state index contributed by atoms with van der Waals surface area (Å²) in [4.78, 5) is 11.7. The molecule has 2 aromatic carbocycles. The topological polar surface area (TPSA) is 84.5 Å². The van der Waals surface area contributed by atoms with Gasteiger partial charge in [0.2, 0.25) is 15.9 Å². The van der Waals surface area contributed by atoms with Gasteiger partial charge in [0, 0.05) is 10.2 Å². The Morgan fingerprint density at radius 1 is 1.21 bits per heavy atom. The lowest BCUT2D eigenvalue weighted by Gasteiger charge is -2.11. The number of ether oxygens (including phenoxy) is 1. The van der Waals surface area contributed by atoms with E-state index < -0.39 is 28.3 Å². The van der Waals surface area contributed by atoms with Crippen LogP contribution in [0.1, 0.15) is 0 Å². The number of benzene rings is 2. The van der Waals surface area contributed by atoms with Crippen LogP contribution in [0.4, 0.5) is 10.1 Å². The number of amides is 1. The van der Waals surface area contributed by atoms with Crippen molar-refractivity contribution >= 4 is 37.5 Å². The van der Waals surface area contributed by atoms with Crippen LogP contribution in [0, 0.1) is 5.82 Å². The maximum Gasteiger partial charge on any atom is 0.244 e. The zero-order chi connectivity index (χ0) is 17.7. The second-order valence-electron chi connectivity index (χ2n) is 4.67. The van der Waals surface area contributed by atoms with Crippen molar-refractivity contribution in [2.75, 3.05) is 19.0 Å². The van der Waals surface area contributed by atoms with Crippen molar-refractivity contribution in [3.63, 3.8) is 0 Å². The molecular formula is C15H14BrFN2O4S. The van der Waals surface area contributed by atoms with Crippen molar-refractivity contribution in [1.82, 2.24) is 4.72 Å². The second-order valence-corrected chi connectivity index (χ2v) is 7.33. The average Bonchev–Trinajstić information content (AvgIpc) is 2.55. The van der Waals surface area contributed by atoms with Gasteiger partial charge in [-0.15, -0.1) is 0 Å². The minimum atomic E-state index is -3.95. The maximum atomic E-state index is 12.8. The van der Waals surface area contributed by atoms with E-state index in [2.05, 4.69) is 26.0 Å². The van der Waals surface area contributed by atoms with Crippen LogP contribution in [-0.4, -0.2) is 28.0 Å². The summed E-state index contributed by atoms with van der Waals surface area (Å²) in [5.74, 6) is -0.862. The first-order valence-corrected chi connectivity index (χ1v) is 8.98. The summed E-state index contributed by atoms with van der Waals surface area (Å²) in [6.45, 7) is -0.477. The fourth-order valence-corrected chi connectivity index (χ4v) is 3.52. The predicted molar refractivity (Wildman–Crippen MR) is 90.9 cm³/mol. The summed E-state index contributed by atoms with van der Waals surface area (Å²) in [5, 5.41) is 2.46. The molecule has 0 unspecified atom stereocenters. The molecule has 0 bridgehead atoms. The Bertz CT molecular complexity index is 841. The lowest BCUT2D eigenvalue weighted by molar-refractivity contribution is -0.115. The molecule has 0 saturated heterocycles. The third kappa shape index (κ3) is 4.76. The molecule has 1 amide bonds. The molecule has 2 aromatic rings. The van der Waals surface area contributed by atoms with Gasteiger partial charge in [-0.25, -0.2) is 17.5 Å². The lowest BCUT2D eigenvalue weighted by Crippen LogP contribution is -2.33. The molecular weight excluding hydrogens is 403 g/mol. The van der Waals surface area contributed by atoms with E-state index in [4.69, 9.17) is 4.74 Å². The van der Waals surface area contributed by atoms with Gasteiger partial charge in [-0.05, 0) is 42.5 Å². The molecule has 0 saturated carbocycles. The average molecular weight is 417 g/mol. The van der Waals surface area contributed by atoms with Crippen LogP contribution in [0.5, 0.6) is 5.75 Å². The highest BCUT2D eigenvalue weighted by Crippen LogP contribution is 2.26. The van der Waals surface area contributed by atoms with Crippen molar-refractivity contribution in [1.29, 1.82) is 0 Å². The van der Waals surface area contributed by atoms with E-state index in [0.717, 1.165) is 0 Å². The molecule has 0 aliphatic heterocycles. The smallest absolute Gasteiger partial charge is 0.244 e. The molecule has 9 heteroatoms. The highest BCUT2D eigenvalue weighted by atomic mass is 79.9. The molecule has 0 fully saturated rings. The Balaban J connectivity index is 2.06. The molecule has 2 N–H and O–H groups in total. The second kappa shape index (κ2) is 7.73. The SMILES string of the molecule is COc1ccc(Br)cc1S(=O)(=O)NCC(=O)Nc1ccc(F)cc1. The molecule has 0 aliphatic rings. The number of sulfonamides is 1. The van der Waals surface area contributed by atoms with Gasteiger partial charge in [0.25, 0.3) is 0 Å². The normalized spacial score (nSPS) is 11.1. The van der Waals surface area contributed by atoms with E-state index in [-0.39, 0.29) is 10.6 Å². The van der Waals surface area contributed by atoms with Gasteiger partial charge in [0.05, 0.1) is 13.7 Å². The van der Waals surface area contributed by atoms with E-state index in [0.29, 0.717) is 10.2 Å². The maximum absolute atomic E-state index is 12.8. The number of methoxy groups -OCH3 is 1. The van der Waals surface area contributed by atoms with Crippen molar-refractivity contribution in [2.24, 2.45) is 0 Å². The highest BCUT2D eigenvalue weighted by Gasteiger charge is 2.20. The largest absolute Gasteiger partial charge is 0.495 e. The molecule has 6 nitrogen and oxygen atoms in total. The molecule has 2 rings (SSSR count). The molecule has 0 radical (unpaired) electrons. The summed E-state index contributed by atoms with van der Waals surface area (Å²) in [6, 6.07) is 9.63. The lowest BCUT2D eigenvalue weighted by atomic mass is 10.3. The van der Waals surface area contributed by atoms with E-state index in [1.54, 1.807) is 6.07 Å². The van der Waals surface area contributed by atoms with Gasteiger partial charge >= 0.3 is 0 Å². The number of anilines is 1. The molecule has 0 heterocycles. The summed E-state index contributed by atoms with van der Waals surface area (Å²) in [6.07, 6.45) is 0. The van der Waals surface area contributed by atoms with Crippen molar-refractivity contribution in [3.8, 4) is 5.75 Å². The third-order valence-corrected chi connectivity index (χ3v) is 4.88. The van der Waals surface area contributed by atoms with Crippen LogP contribution >= 0.6 is 15.9 Å².